The van der Waals surface area contributed by atoms with Crippen LogP contribution in [-0.2, 0) is 5.41 Å². The van der Waals surface area contributed by atoms with Gasteiger partial charge in [0, 0.05) is 33.4 Å². The summed E-state index contributed by atoms with van der Waals surface area (Å²) in [6, 6.07) is 83.8. The summed E-state index contributed by atoms with van der Waals surface area (Å²) in [5, 5.41) is 2.32. The number of hydrogen-bond donors (Lipinski definition) is 0. The fourth-order valence-electron chi connectivity index (χ4n) is 10.0. The summed E-state index contributed by atoms with van der Waals surface area (Å²) < 4.78 is 6.38. The van der Waals surface area contributed by atoms with Crippen LogP contribution in [0, 0.1) is 0 Å². The third-order valence-electron chi connectivity index (χ3n) is 13.1. The van der Waals surface area contributed by atoms with Gasteiger partial charge in [-0.2, -0.15) is 0 Å². The van der Waals surface area contributed by atoms with Crippen LogP contribution in [0.1, 0.15) is 23.6 Å². The molecule has 1 heterocycles. The first-order valence-electron chi connectivity index (χ1n) is 21.4. The van der Waals surface area contributed by atoms with E-state index in [-0.39, 0.29) is 5.41 Å². The highest BCUT2D eigenvalue weighted by atomic mass is 16.5. The number of ether oxygens (including phenoxy) is 1. The second-order valence-electron chi connectivity index (χ2n) is 16.6. The molecular formula is C60H41NO. The molecule has 0 N–H and O–H groups in total. The highest BCUT2D eigenvalue weighted by Gasteiger charge is 2.40. The molecule has 0 amide bonds. The minimum absolute atomic E-state index is 0.270. The van der Waals surface area contributed by atoms with Gasteiger partial charge in [0.1, 0.15) is 11.5 Å². The van der Waals surface area contributed by atoms with E-state index in [1.807, 2.05) is 6.07 Å². The molecule has 0 bridgehead atoms. The summed E-state index contributed by atoms with van der Waals surface area (Å²) >= 11 is 0. The van der Waals surface area contributed by atoms with Crippen molar-refractivity contribution < 1.29 is 4.74 Å². The third-order valence-corrected chi connectivity index (χ3v) is 13.1. The van der Waals surface area contributed by atoms with Gasteiger partial charge in [-0.05, 0) is 140 Å². The Hall–Kier alpha value is -7.94. The largest absolute Gasteiger partial charge is 0.456 e. The molecule has 0 radical (unpaired) electrons. The van der Waals surface area contributed by atoms with Crippen LogP contribution in [0.3, 0.4) is 0 Å². The lowest BCUT2D eigenvalue weighted by atomic mass is 9.74. The maximum absolute atomic E-state index is 6.38. The third kappa shape index (κ3) is 5.79. The molecule has 12 rings (SSSR count). The quantitative estimate of drug-likeness (QED) is 0.159. The lowest BCUT2D eigenvalue weighted by Gasteiger charge is -2.30. The Morgan fingerprint density at radius 2 is 0.855 bits per heavy atom. The highest BCUT2D eigenvalue weighted by Crippen LogP contribution is 2.53. The minimum Gasteiger partial charge on any atom is -0.456 e. The summed E-state index contributed by atoms with van der Waals surface area (Å²) in [6.45, 7) is 2.38. The van der Waals surface area contributed by atoms with E-state index in [1.54, 1.807) is 0 Å². The normalized spacial score (nSPS) is 12.9. The van der Waals surface area contributed by atoms with Crippen LogP contribution in [0.25, 0.3) is 66.4 Å². The van der Waals surface area contributed by atoms with Crippen molar-refractivity contribution in [1.29, 1.82) is 0 Å². The summed E-state index contributed by atoms with van der Waals surface area (Å²) in [7, 11) is 0. The summed E-state index contributed by atoms with van der Waals surface area (Å²) in [4.78, 5) is 2.39. The summed E-state index contributed by atoms with van der Waals surface area (Å²) in [5.74, 6) is 1.79. The van der Waals surface area contributed by atoms with Crippen LogP contribution >= 0.6 is 0 Å². The molecule has 0 saturated heterocycles. The van der Waals surface area contributed by atoms with Gasteiger partial charge in [-0.1, -0.05) is 170 Å². The molecule has 0 unspecified atom stereocenters. The first-order chi connectivity index (χ1) is 30.6. The van der Waals surface area contributed by atoms with Gasteiger partial charge < -0.3 is 9.64 Å². The first-order valence-corrected chi connectivity index (χ1v) is 21.4. The fourth-order valence-corrected chi connectivity index (χ4v) is 10.0. The molecule has 2 heteroatoms. The lowest BCUT2D eigenvalue weighted by Crippen LogP contribution is -2.22. The Morgan fingerprint density at radius 1 is 0.339 bits per heavy atom. The van der Waals surface area contributed by atoms with Crippen molar-refractivity contribution in [1.82, 2.24) is 0 Å². The van der Waals surface area contributed by atoms with E-state index in [0.29, 0.717) is 0 Å². The molecule has 0 atom stereocenters. The molecule has 292 valence electrons. The number of fused-ring (bicyclic) bond motifs is 5. The van der Waals surface area contributed by atoms with E-state index in [2.05, 4.69) is 236 Å². The molecule has 0 aromatic heterocycles. The number of nitrogens with zero attached hydrogens (tertiary/aromatic N) is 1. The fraction of sp³-hybridized carbons (Fsp3) is 0.0333. The number of benzene rings is 10. The standard InChI is InChI=1S/C60H41NO/c1-60(55-21-8-5-18-51(55)52-19-6-9-22-56(52)60)47-31-35-49(36-32-47)61(48-33-29-43(30-34-48)42-27-25-41(26-28-42)40-13-3-2-4-14-40)50-17-11-15-44(38-50)46-37-45-16-12-24-58-59(45)54(39-46)53-20-7-10-23-57(53)62-58/h2-39H,1H3. The number of para-hydroxylation sites is 1. The molecule has 0 spiro atoms. The van der Waals surface area contributed by atoms with E-state index in [1.165, 1.54) is 66.6 Å². The first kappa shape index (κ1) is 36.0. The maximum Gasteiger partial charge on any atom is 0.135 e. The van der Waals surface area contributed by atoms with Crippen molar-refractivity contribution >= 4 is 27.8 Å². The van der Waals surface area contributed by atoms with Crippen molar-refractivity contribution in [3.8, 4) is 67.1 Å². The number of anilines is 3. The zero-order valence-corrected chi connectivity index (χ0v) is 34.3. The number of hydrogen-bond acceptors (Lipinski definition) is 2. The van der Waals surface area contributed by atoms with Gasteiger partial charge in [-0.15, -0.1) is 0 Å². The predicted octanol–water partition coefficient (Wildman–Crippen LogP) is 16.4. The molecule has 2 aliphatic rings. The Bertz CT molecular complexity index is 3270. The molecule has 10 aromatic rings. The Morgan fingerprint density at radius 3 is 1.53 bits per heavy atom. The average molecular weight is 792 g/mol. The highest BCUT2D eigenvalue weighted by molar-refractivity contribution is 6.06. The van der Waals surface area contributed by atoms with E-state index in [9.17, 15) is 0 Å². The van der Waals surface area contributed by atoms with Gasteiger partial charge in [-0.25, -0.2) is 0 Å². The van der Waals surface area contributed by atoms with E-state index in [0.717, 1.165) is 45.1 Å². The van der Waals surface area contributed by atoms with Crippen molar-refractivity contribution in [2.45, 2.75) is 12.3 Å². The van der Waals surface area contributed by atoms with E-state index >= 15 is 0 Å². The summed E-state index contributed by atoms with van der Waals surface area (Å²) in [5.41, 5.74) is 19.0. The van der Waals surface area contributed by atoms with Crippen molar-refractivity contribution in [2.24, 2.45) is 0 Å². The zero-order chi connectivity index (χ0) is 41.2. The Balaban J connectivity index is 0.962. The average Bonchev–Trinajstić information content (AvgIpc) is 3.61. The van der Waals surface area contributed by atoms with Gasteiger partial charge in [-0.3, -0.25) is 0 Å². The topological polar surface area (TPSA) is 12.5 Å². The van der Waals surface area contributed by atoms with Gasteiger partial charge in [0.05, 0.1) is 0 Å². The van der Waals surface area contributed by atoms with E-state index < -0.39 is 0 Å². The second kappa shape index (κ2) is 14.4. The predicted molar refractivity (Wildman–Crippen MR) is 258 cm³/mol. The van der Waals surface area contributed by atoms with Gasteiger partial charge >= 0.3 is 0 Å². The SMILES string of the molecule is CC1(c2ccc(N(c3ccc(-c4ccc(-c5ccccc5)cc4)cc3)c3cccc(-c4cc5c6c(cccc6c4)Oc4ccccc4-5)c3)cc2)c2ccccc2-c2ccccc21. The molecule has 62 heavy (non-hydrogen) atoms. The monoisotopic (exact) mass is 791 g/mol. The Kier molecular flexibility index (Phi) is 8.33. The van der Waals surface area contributed by atoms with Crippen LogP contribution in [0.2, 0.25) is 0 Å². The lowest BCUT2D eigenvalue weighted by molar-refractivity contribution is 0.487. The Labute approximate surface area is 362 Å². The van der Waals surface area contributed by atoms with Gasteiger partial charge in [0.25, 0.3) is 0 Å². The van der Waals surface area contributed by atoms with Gasteiger partial charge in [0.2, 0.25) is 0 Å². The molecule has 0 fully saturated rings. The smallest absolute Gasteiger partial charge is 0.135 e. The summed E-state index contributed by atoms with van der Waals surface area (Å²) in [6.07, 6.45) is 0. The molecule has 1 aliphatic heterocycles. The van der Waals surface area contributed by atoms with E-state index in [4.69, 9.17) is 4.74 Å². The molecule has 0 saturated carbocycles. The van der Waals surface area contributed by atoms with Crippen molar-refractivity contribution in [2.75, 3.05) is 4.90 Å². The number of rotatable bonds is 7. The molecular weight excluding hydrogens is 751 g/mol. The van der Waals surface area contributed by atoms with Crippen LogP contribution < -0.4 is 9.64 Å². The van der Waals surface area contributed by atoms with Crippen LogP contribution in [0.5, 0.6) is 11.5 Å². The molecule has 2 nitrogen and oxygen atoms in total. The van der Waals surface area contributed by atoms with Crippen molar-refractivity contribution in [3.05, 3.63) is 247 Å². The van der Waals surface area contributed by atoms with Crippen molar-refractivity contribution in [3.63, 3.8) is 0 Å². The second-order valence-corrected chi connectivity index (χ2v) is 16.6. The zero-order valence-electron chi connectivity index (χ0n) is 34.3. The van der Waals surface area contributed by atoms with Gasteiger partial charge in [0.15, 0.2) is 0 Å². The van der Waals surface area contributed by atoms with Crippen LogP contribution in [0.15, 0.2) is 231 Å². The molecule has 1 aliphatic carbocycles. The molecule has 10 aromatic carbocycles. The minimum atomic E-state index is -0.270. The maximum atomic E-state index is 6.38. The van der Waals surface area contributed by atoms with Crippen LogP contribution in [-0.4, -0.2) is 0 Å². The van der Waals surface area contributed by atoms with Crippen LogP contribution in [0.4, 0.5) is 17.1 Å².